The summed E-state index contributed by atoms with van der Waals surface area (Å²) in [7, 11) is 0. The van der Waals surface area contributed by atoms with E-state index in [1.807, 2.05) is 0 Å². The maximum atomic E-state index is 2.49. The van der Waals surface area contributed by atoms with Gasteiger partial charge in [-0.25, -0.2) is 0 Å². The van der Waals surface area contributed by atoms with Crippen molar-refractivity contribution in [1.29, 1.82) is 0 Å². The lowest BCUT2D eigenvalue weighted by atomic mass is 9.67. The third kappa shape index (κ3) is 2.63. The summed E-state index contributed by atoms with van der Waals surface area (Å²) in [5, 5.41) is 10.6. The summed E-state index contributed by atoms with van der Waals surface area (Å²) >= 11 is 0. The number of fused-ring (bicyclic) bond motifs is 5. The van der Waals surface area contributed by atoms with Gasteiger partial charge in [0.2, 0.25) is 0 Å². The van der Waals surface area contributed by atoms with Crippen LogP contribution in [-0.2, 0) is 5.41 Å². The van der Waals surface area contributed by atoms with Gasteiger partial charge in [0.15, 0.2) is 0 Å². The van der Waals surface area contributed by atoms with Crippen LogP contribution in [0.3, 0.4) is 0 Å². The van der Waals surface area contributed by atoms with Gasteiger partial charge in [-0.3, -0.25) is 0 Å². The van der Waals surface area contributed by atoms with Crippen molar-refractivity contribution in [2.45, 2.75) is 5.41 Å². The quantitative estimate of drug-likeness (QED) is 0.211. The van der Waals surface area contributed by atoms with E-state index < -0.39 is 5.41 Å². The Hall–Kier alpha value is -4.94. The van der Waals surface area contributed by atoms with Crippen LogP contribution in [0.5, 0.6) is 0 Å². The number of hydrogen-bond donors (Lipinski definition) is 0. The second-order valence-corrected chi connectivity index (χ2v) is 10.9. The molecular weight excluding hydrogens is 468 g/mol. The first-order chi connectivity index (χ1) is 19.3. The first-order valence-corrected chi connectivity index (χ1v) is 13.7. The molecule has 0 nitrogen and oxygen atoms in total. The van der Waals surface area contributed by atoms with Gasteiger partial charge >= 0.3 is 0 Å². The molecular formula is C39H24. The Kier molecular flexibility index (Phi) is 4.08. The third-order valence-electron chi connectivity index (χ3n) is 9.02. The molecule has 0 fully saturated rings. The van der Waals surface area contributed by atoms with Gasteiger partial charge in [-0.1, -0.05) is 127 Å². The van der Waals surface area contributed by atoms with E-state index in [0.717, 1.165) is 0 Å². The summed E-state index contributed by atoms with van der Waals surface area (Å²) in [6, 6.07) is 54.4. The minimum absolute atomic E-state index is 0.415. The average Bonchev–Trinajstić information content (AvgIpc) is 3.29. The lowest BCUT2D eigenvalue weighted by Gasteiger charge is -2.34. The molecule has 1 aliphatic carbocycles. The minimum Gasteiger partial charge on any atom is -0.0622 e. The van der Waals surface area contributed by atoms with Crippen molar-refractivity contribution in [1.82, 2.24) is 0 Å². The number of rotatable bonds is 2. The van der Waals surface area contributed by atoms with Crippen LogP contribution >= 0.6 is 0 Å². The molecule has 9 rings (SSSR count). The summed E-state index contributed by atoms with van der Waals surface area (Å²) in [6.07, 6.45) is 0. The van der Waals surface area contributed by atoms with Crippen LogP contribution in [0.1, 0.15) is 22.3 Å². The molecule has 0 saturated carbocycles. The summed E-state index contributed by atoms with van der Waals surface area (Å²) < 4.78 is 0. The summed E-state index contributed by atoms with van der Waals surface area (Å²) in [6.45, 7) is 0. The monoisotopic (exact) mass is 492 g/mol. The van der Waals surface area contributed by atoms with Crippen LogP contribution in [-0.4, -0.2) is 0 Å². The average molecular weight is 493 g/mol. The molecule has 39 heavy (non-hydrogen) atoms. The summed E-state index contributed by atoms with van der Waals surface area (Å²) in [5.74, 6) is 0. The summed E-state index contributed by atoms with van der Waals surface area (Å²) in [5.41, 5.74) is 7.64. The Morgan fingerprint density at radius 3 is 1.59 bits per heavy atom. The van der Waals surface area contributed by atoms with E-state index in [0.29, 0.717) is 0 Å². The molecule has 0 aliphatic heterocycles. The highest BCUT2D eigenvalue weighted by Gasteiger charge is 2.47. The van der Waals surface area contributed by atoms with Crippen LogP contribution in [0.4, 0.5) is 0 Å². The van der Waals surface area contributed by atoms with E-state index in [2.05, 4.69) is 146 Å². The Morgan fingerprint density at radius 2 is 0.897 bits per heavy atom. The molecule has 180 valence electrons. The van der Waals surface area contributed by atoms with E-state index in [1.165, 1.54) is 76.5 Å². The highest BCUT2D eigenvalue weighted by Crippen LogP contribution is 2.59. The Balaban J connectivity index is 1.56. The second kappa shape index (κ2) is 7.56. The van der Waals surface area contributed by atoms with Gasteiger partial charge in [-0.05, 0) is 94.7 Å². The predicted octanol–water partition coefficient (Wildman–Crippen LogP) is 10.1. The fourth-order valence-electron chi connectivity index (χ4n) is 7.46. The second-order valence-electron chi connectivity index (χ2n) is 10.9. The molecule has 0 heterocycles. The minimum atomic E-state index is -0.415. The van der Waals surface area contributed by atoms with Gasteiger partial charge in [0.25, 0.3) is 0 Å². The van der Waals surface area contributed by atoms with E-state index in [9.17, 15) is 0 Å². The topological polar surface area (TPSA) is 0 Å². The Labute approximate surface area is 227 Å². The molecule has 8 aromatic rings. The van der Waals surface area contributed by atoms with Gasteiger partial charge in [0.05, 0.1) is 5.41 Å². The molecule has 0 saturated heterocycles. The zero-order chi connectivity index (χ0) is 25.6. The first kappa shape index (κ1) is 21.0. The number of hydrogen-bond acceptors (Lipinski definition) is 0. The van der Waals surface area contributed by atoms with Crippen LogP contribution in [0.25, 0.3) is 54.2 Å². The van der Waals surface area contributed by atoms with Gasteiger partial charge < -0.3 is 0 Å². The van der Waals surface area contributed by atoms with E-state index in [1.54, 1.807) is 0 Å². The largest absolute Gasteiger partial charge is 0.0714 e. The fraction of sp³-hybridized carbons (Fsp3) is 0.0256. The molecule has 0 amide bonds. The van der Waals surface area contributed by atoms with Crippen molar-refractivity contribution < 1.29 is 0 Å². The fourth-order valence-corrected chi connectivity index (χ4v) is 7.46. The molecule has 0 bridgehead atoms. The SMILES string of the molecule is c1ccc(C2(c3ccccc3)c3cc4ccccc4cc3-c3c2cc2ccc4cccc5ccc3c2c45)cc1. The van der Waals surface area contributed by atoms with Crippen LogP contribution in [0.15, 0.2) is 146 Å². The van der Waals surface area contributed by atoms with E-state index in [-0.39, 0.29) is 0 Å². The lowest BCUT2D eigenvalue weighted by molar-refractivity contribution is 0.771. The van der Waals surface area contributed by atoms with Crippen molar-refractivity contribution in [2.75, 3.05) is 0 Å². The smallest absolute Gasteiger partial charge is 0.0622 e. The molecule has 0 radical (unpaired) electrons. The van der Waals surface area contributed by atoms with E-state index >= 15 is 0 Å². The standard InChI is InChI=1S/C39H24/c1-3-14-30(15-4-1)39(31-16-5-2-6-17-31)34-23-28-11-8-7-10-27(28)22-33(34)38-32-21-20-26-13-9-12-25-18-19-29(24-35(38)39)37(32)36(25)26/h1-24H. The highest BCUT2D eigenvalue weighted by molar-refractivity contribution is 6.27. The highest BCUT2D eigenvalue weighted by atomic mass is 14.5. The van der Waals surface area contributed by atoms with Crippen molar-refractivity contribution in [3.05, 3.63) is 168 Å². The zero-order valence-electron chi connectivity index (χ0n) is 21.4. The van der Waals surface area contributed by atoms with Crippen molar-refractivity contribution in [2.24, 2.45) is 0 Å². The first-order valence-electron chi connectivity index (χ1n) is 13.7. The Morgan fingerprint density at radius 1 is 0.359 bits per heavy atom. The van der Waals surface area contributed by atoms with Crippen LogP contribution in [0, 0.1) is 0 Å². The maximum absolute atomic E-state index is 2.49. The molecule has 0 heteroatoms. The molecule has 0 aromatic heterocycles. The molecule has 0 spiro atoms. The summed E-state index contributed by atoms with van der Waals surface area (Å²) in [4.78, 5) is 0. The van der Waals surface area contributed by atoms with Gasteiger partial charge in [-0.2, -0.15) is 0 Å². The third-order valence-corrected chi connectivity index (χ3v) is 9.02. The Bertz CT molecular complexity index is 2150. The van der Waals surface area contributed by atoms with Gasteiger partial charge in [0, 0.05) is 0 Å². The van der Waals surface area contributed by atoms with Gasteiger partial charge in [0.1, 0.15) is 0 Å². The van der Waals surface area contributed by atoms with Crippen molar-refractivity contribution in [3.8, 4) is 11.1 Å². The number of benzene rings is 8. The maximum Gasteiger partial charge on any atom is 0.0714 e. The molecule has 1 aliphatic rings. The predicted molar refractivity (Wildman–Crippen MR) is 165 cm³/mol. The van der Waals surface area contributed by atoms with Crippen LogP contribution in [0.2, 0.25) is 0 Å². The normalized spacial score (nSPS) is 13.8. The van der Waals surface area contributed by atoms with E-state index in [4.69, 9.17) is 0 Å². The van der Waals surface area contributed by atoms with Crippen LogP contribution < -0.4 is 0 Å². The lowest BCUT2D eigenvalue weighted by Crippen LogP contribution is -2.28. The molecule has 0 unspecified atom stereocenters. The molecule has 8 aromatic carbocycles. The zero-order valence-corrected chi connectivity index (χ0v) is 21.4. The molecule has 0 N–H and O–H groups in total. The van der Waals surface area contributed by atoms with Crippen molar-refractivity contribution in [3.63, 3.8) is 0 Å². The molecule has 0 atom stereocenters. The van der Waals surface area contributed by atoms with Crippen molar-refractivity contribution >= 4 is 43.1 Å². The van der Waals surface area contributed by atoms with Gasteiger partial charge in [-0.15, -0.1) is 0 Å².